The maximum absolute atomic E-state index is 12.8. The number of amides is 2. The van der Waals surface area contributed by atoms with Crippen molar-refractivity contribution in [1.29, 1.82) is 0 Å². The van der Waals surface area contributed by atoms with Crippen molar-refractivity contribution in [3.63, 3.8) is 0 Å². The second-order valence-corrected chi connectivity index (χ2v) is 7.30. The van der Waals surface area contributed by atoms with Crippen LogP contribution in [0.1, 0.15) is 31.1 Å². The molecule has 0 fully saturated rings. The van der Waals surface area contributed by atoms with E-state index in [0.717, 1.165) is 12.1 Å². The van der Waals surface area contributed by atoms with E-state index in [4.69, 9.17) is 15.9 Å². The lowest BCUT2D eigenvalue weighted by molar-refractivity contribution is 0.0526. The van der Waals surface area contributed by atoms with Crippen molar-refractivity contribution in [2.24, 2.45) is 0 Å². The summed E-state index contributed by atoms with van der Waals surface area (Å²) in [5.74, 6) is 1.10. The minimum atomic E-state index is -5.29. The van der Waals surface area contributed by atoms with Gasteiger partial charge in [-0.15, -0.1) is 6.42 Å². The Morgan fingerprint density at radius 3 is 2.32 bits per heavy atom. The molecule has 1 aromatic rings. The summed E-state index contributed by atoms with van der Waals surface area (Å²) in [5, 5.41) is 4.94. The average molecular weight is 416 g/mol. The summed E-state index contributed by atoms with van der Waals surface area (Å²) in [6.45, 7) is 5.09. The van der Waals surface area contributed by atoms with Crippen LogP contribution in [0.15, 0.2) is 18.2 Å². The van der Waals surface area contributed by atoms with Gasteiger partial charge < -0.3 is 24.3 Å². The Balaban J connectivity index is 2.73. The first-order valence-electron chi connectivity index (χ1n) is 8.00. The maximum Gasteiger partial charge on any atom is 0.488 e. The molecule has 0 atom stereocenters. The molecule has 0 spiro atoms. The summed E-state index contributed by atoms with van der Waals surface area (Å²) in [6.07, 6.45) is 4.43. The number of carbonyl (C=O) groups is 2. The zero-order valence-corrected chi connectivity index (χ0v) is 16.4. The largest absolute Gasteiger partial charge is 0.488 e. The normalized spacial score (nSPS) is 11.1. The Hall–Kier alpha value is -3.00. The first kappa shape index (κ1) is 23.0. The van der Waals surface area contributed by atoms with Crippen molar-refractivity contribution in [1.82, 2.24) is 10.6 Å². The molecule has 28 heavy (non-hydrogen) atoms. The highest BCUT2D eigenvalue weighted by molar-refractivity contribution is 7.81. The minimum absolute atomic E-state index is 0.0103. The van der Waals surface area contributed by atoms with E-state index in [1.54, 1.807) is 20.8 Å². The summed E-state index contributed by atoms with van der Waals surface area (Å²) in [4.78, 5) is 23.7. The number of ether oxygens (including phenoxy) is 2. The summed E-state index contributed by atoms with van der Waals surface area (Å²) in [6, 6.07) is 3.34. The van der Waals surface area contributed by atoms with Gasteiger partial charge in [0.1, 0.15) is 23.7 Å². The molecule has 0 saturated carbocycles. The Labute approximate surface area is 163 Å². The second-order valence-electron chi connectivity index (χ2n) is 6.35. The van der Waals surface area contributed by atoms with E-state index in [1.807, 2.05) is 0 Å². The van der Waals surface area contributed by atoms with Crippen LogP contribution in [-0.4, -0.2) is 45.7 Å². The zero-order chi connectivity index (χ0) is 21.4. The number of nitrogens with one attached hydrogen (secondary N) is 2. The molecule has 0 aliphatic carbocycles. The van der Waals surface area contributed by atoms with Crippen molar-refractivity contribution in [2.45, 2.75) is 26.4 Å². The van der Waals surface area contributed by atoms with E-state index in [1.165, 1.54) is 6.07 Å². The highest BCUT2D eigenvalue weighted by Gasteiger charge is 2.17. The van der Waals surface area contributed by atoms with Crippen molar-refractivity contribution in [3.8, 4) is 23.8 Å². The molecule has 1 aromatic carbocycles. The molecule has 2 amide bonds. The van der Waals surface area contributed by atoms with E-state index >= 15 is 0 Å². The lowest BCUT2D eigenvalue weighted by atomic mass is 10.2. The van der Waals surface area contributed by atoms with Crippen LogP contribution < -0.4 is 19.6 Å². The fourth-order valence-electron chi connectivity index (χ4n) is 1.83. The Morgan fingerprint density at radius 1 is 1.14 bits per heavy atom. The smallest absolute Gasteiger partial charge is 0.481 e. The van der Waals surface area contributed by atoms with Crippen LogP contribution in [0.2, 0.25) is 0 Å². The average Bonchev–Trinajstić information content (AvgIpc) is 2.53. The Morgan fingerprint density at radius 2 is 1.75 bits per heavy atom. The summed E-state index contributed by atoms with van der Waals surface area (Å²) in [7, 11) is -5.29. The van der Waals surface area contributed by atoms with Gasteiger partial charge in [0.2, 0.25) is 0 Å². The molecule has 1 rings (SSSR count). The molecule has 0 saturated heterocycles. The minimum Gasteiger partial charge on any atom is -0.481 e. The van der Waals surface area contributed by atoms with E-state index < -0.39 is 33.9 Å². The Bertz CT molecular complexity index is 857. The third kappa shape index (κ3) is 9.63. The summed E-state index contributed by atoms with van der Waals surface area (Å²) >= 11 is 0. The van der Waals surface area contributed by atoms with E-state index in [0.29, 0.717) is 0 Å². The van der Waals surface area contributed by atoms with Crippen LogP contribution in [0.5, 0.6) is 11.5 Å². The molecular weight excluding hydrogens is 395 g/mol. The molecule has 0 aliphatic rings. The monoisotopic (exact) mass is 416 g/mol. The Kier molecular flexibility index (Phi) is 8.06. The lowest BCUT2D eigenvalue weighted by Gasteiger charge is -2.19. The van der Waals surface area contributed by atoms with Crippen molar-refractivity contribution in [2.75, 3.05) is 19.7 Å². The fraction of sp³-hybridized carbons (Fsp3) is 0.412. The molecule has 0 aliphatic heterocycles. The summed E-state index contributed by atoms with van der Waals surface area (Å²) in [5.41, 5.74) is -0.718. The molecule has 11 heteroatoms. The predicted octanol–water partition coefficient (Wildman–Crippen LogP) is 1.55. The standard InChI is InChI=1S/C17H21FN2O7S/c1-5-8-25-13-9-12(10-14(11-13)27-28(18,23)24)15(21)19-6-7-20-16(22)26-17(2,3)4/h1,9-11H,6-8H2,2-4H3,(H,19,21)(H,20,22). The molecule has 0 radical (unpaired) electrons. The third-order valence-corrected chi connectivity index (χ3v) is 3.13. The molecule has 0 bridgehead atoms. The third-order valence-electron chi connectivity index (χ3n) is 2.74. The fourth-order valence-corrected chi connectivity index (χ4v) is 2.16. The number of hydrogen-bond donors (Lipinski definition) is 2. The van der Waals surface area contributed by atoms with Crippen molar-refractivity contribution >= 4 is 22.5 Å². The molecular formula is C17H21FN2O7S. The molecule has 0 unspecified atom stereocenters. The molecule has 9 nitrogen and oxygen atoms in total. The van der Waals surface area contributed by atoms with Crippen LogP contribution in [0.4, 0.5) is 8.68 Å². The maximum atomic E-state index is 12.8. The topological polar surface area (TPSA) is 120 Å². The highest BCUT2D eigenvalue weighted by atomic mass is 32.3. The molecule has 2 N–H and O–H groups in total. The first-order valence-corrected chi connectivity index (χ1v) is 9.31. The predicted molar refractivity (Wildman–Crippen MR) is 98.0 cm³/mol. The van der Waals surface area contributed by atoms with Gasteiger partial charge in [0.25, 0.3) is 5.91 Å². The second kappa shape index (κ2) is 9.80. The number of benzene rings is 1. The number of terminal acetylenes is 1. The number of halogens is 1. The first-order chi connectivity index (χ1) is 12.9. The van der Waals surface area contributed by atoms with Gasteiger partial charge >= 0.3 is 16.6 Å². The molecule has 154 valence electrons. The van der Waals surface area contributed by atoms with Gasteiger partial charge in [-0.1, -0.05) is 9.81 Å². The van der Waals surface area contributed by atoms with Gasteiger partial charge in [-0.2, -0.15) is 8.42 Å². The van der Waals surface area contributed by atoms with Crippen molar-refractivity contribution < 1.29 is 35.5 Å². The van der Waals surface area contributed by atoms with Crippen molar-refractivity contribution in [3.05, 3.63) is 23.8 Å². The van der Waals surface area contributed by atoms with Crippen LogP contribution in [-0.2, 0) is 15.2 Å². The lowest BCUT2D eigenvalue weighted by Crippen LogP contribution is -2.37. The van der Waals surface area contributed by atoms with Gasteiger partial charge in [-0.05, 0) is 32.9 Å². The molecule has 0 heterocycles. The van der Waals surface area contributed by atoms with E-state index in [2.05, 4.69) is 20.7 Å². The van der Waals surface area contributed by atoms with Gasteiger partial charge in [0.05, 0.1) is 0 Å². The van der Waals surface area contributed by atoms with E-state index in [9.17, 15) is 21.9 Å². The highest BCUT2D eigenvalue weighted by Crippen LogP contribution is 2.24. The van der Waals surface area contributed by atoms with Gasteiger partial charge in [-0.3, -0.25) is 4.79 Å². The number of rotatable bonds is 8. The van der Waals surface area contributed by atoms with Gasteiger partial charge in [0.15, 0.2) is 0 Å². The van der Waals surface area contributed by atoms with E-state index in [-0.39, 0.29) is 31.0 Å². The number of alkyl carbamates (subject to hydrolysis) is 1. The number of hydrogen-bond acceptors (Lipinski definition) is 7. The van der Waals surface area contributed by atoms with Crippen LogP contribution in [0.3, 0.4) is 0 Å². The van der Waals surface area contributed by atoms with Gasteiger partial charge in [-0.25, -0.2) is 4.79 Å². The van der Waals surface area contributed by atoms with Crippen LogP contribution >= 0.6 is 0 Å². The van der Waals surface area contributed by atoms with Crippen LogP contribution in [0.25, 0.3) is 0 Å². The van der Waals surface area contributed by atoms with Gasteiger partial charge in [0, 0.05) is 24.7 Å². The quantitative estimate of drug-likeness (QED) is 0.375. The summed E-state index contributed by atoms with van der Waals surface area (Å²) < 4.78 is 48.4. The number of carbonyl (C=O) groups excluding carboxylic acids is 2. The SMILES string of the molecule is C#CCOc1cc(OS(=O)(=O)F)cc(C(=O)NCCNC(=O)OC(C)(C)C)c1. The van der Waals surface area contributed by atoms with Crippen LogP contribution in [0, 0.1) is 12.3 Å². The zero-order valence-electron chi connectivity index (χ0n) is 15.6. The molecule has 0 aromatic heterocycles.